The summed E-state index contributed by atoms with van der Waals surface area (Å²) < 4.78 is 47.6. The molecule has 7 heteroatoms. The number of benzene rings is 1. The van der Waals surface area contributed by atoms with E-state index in [-0.39, 0.29) is 12.2 Å². The lowest BCUT2D eigenvalue weighted by molar-refractivity contribution is -0.117. The average Bonchev–Trinajstić information content (AvgIpc) is 2.58. The minimum absolute atomic E-state index is 0.253. The first-order chi connectivity index (χ1) is 8.27. The van der Waals surface area contributed by atoms with E-state index in [1.165, 1.54) is 6.07 Å². The summed E-state index contributed by atoms with van der Waals surface area (Å²) in [5.74, 6) is -1.05. The monoisotopic (exact) mass is 275 g/mol. The molecule has 0 bridgehead atoms. The highest BCUT2D eigenvalue weighted by Crippen LogP contribution is 2.27. The molecule has 98 valence electrons. The fraction of sp³-hybridized carbons (Fsp3) is 0.364. The number of carbonyl (C=O) groups is 1. The Bertz CT molecular complexity index is 580. The molecule has 1 aliphatic heterocycles. The third-order valence-electron chi connectivity index (χ3n) is 2.83. The maximum atomic E-state index is 13.2. The topological polar surface area (TPSA) is 54.5 Å². The second-order valence-corrected chi connectivity index (χ2v) is 5.91. The molecule has 4 nitrogen and oxygen atoms in total. The second-order valence-electron chi connectivity index (χ2n) is 4.29. The van der Waals surface area contributed by atoms with Crippen molar-refractivity contribution in [3.8, 4) is 0 Å². The molecule has 1 amide bonds. The van der Waals surface area contributed by atoms with Gasteiger partial charge in [-0.25, -0.2) is 4.39 Å². The summed E-state index contributed by atoms with van der Waals surface area (Å²) in [5.41, 5.74) is 0.855. The quantitative estimate of drug-likeness (QED) is 0.769. The molecule has 1 aliphatic rings. The maximum Gasteiger partial charge on any atom is 0.307 e. The van der Waals surface area contributed by atoms with E-state index in [4.69, 9.17) is 0 Å². The molecule has 0 spiro atoms. The van der Waals surface area contributed by atoms with Gasteiger partial charge in [-0.05, 0) is 30.7 Å². The van der Waals surface area contributed by atoms with Crippen LogP contribution in [0.1, 0.15) is 12.0 Å². The lowest BCUT2D eigenvalue weighted by Gasteiger charge is -2.16. The Kier molecular flexibility index (Phi) is 3.10. The fourth-order valence-corrected chi connectivity index (χ4v) is 2.65. The molecule has 1 unspecified atom stereocenters. The van der Waals surface area contributed by atoms with Crippen LogP contribution in [0, 0.1) is 12.7 Å². The first-order valence-corrected chi connectivity index (χ1v) is 6.73. The van der Waals surface area contributed by atoms with Crippen molar-refractivity contribution >= 4 is 21.8 Å². The largest absolute Gasteiger partial charge is 0.311 e. The van der Waals surface area contributed by atoms with Crippen molar-refractivity contribution in [1.29, 1.82) is 0 Å². The molecule has 0 aliphatic carbocycles. The van der Waals surface area contributed by atoms with Gasteiger partial charge in [0.25, 0.3) is 0 Å². The van der Waals surface area contributed by atoms with Crippen molar-refractivity contribution < 1.29 is 21.5 Å². The molecule has 0 N–H and O–H groups in total. The molecule has 1 atom stereocenters. The summed E-state index contributed by atoms with van der Waals surface area (Å²) in [7, 11) is -4.75. The number of hydrogen-bond acceptors (Lipinski definition) is 3. The van der Waals surface area contributed by atoms with E-state index in [2.05, 4.69) is 0 Å². The standard InChI is InChI=1S/C11H11F2NO3S/c1-7-2-8(12)4-9(3-7)14-6-10(5-11(14)15)18(13,16)17/h2-4,10H,5-6H2,1H3. The lowest BCUT2D eigenvalue weighted by atomic mass is 10.2. The molecule has 1 aromatic rings. The molecule has 1 fully saturated rings. The minimum atomic E-state index is -4.75. The Labute approximate surface area is 103 Å². The molecule has 1 heterocycles. The first-order valence-electron chi connectivity index (χ1n) is 5.28. The van der Waals surface area contributed by atoms with E-state index in [0.29, 0.717) is 5.56 Å². The molecule has 0 aromatic heterocycles. The second kappa shape index (κ2) is 4.31. The van der Waals surface area contributed by atoms with E-state index in [9.17, 15) is 21.5 Å². The predicted octanol–water partition coefficient (Wildman–Crippen LogP) is 1.54. The van der Waals surface area contributed by atoms with Crippen LogP contribution in [0.5, 0.6) is 0 Å². The van der Waals surface area contributed by atoms with Gasteiger partial charge in [-0.3, -0.25) is 4.79 Å². The summed E-state index contributed by atoms with van der Waals surface area (Å²) in [6.07, 6.45) is -0.408. The SMILES string of the molecule is Cc1cc(F)cc(N2CC(S(=O)(=O)F)CC2=O)c1. The summed E-state index contributed by atoms with van der Waals surface area (Å²) >= 11 is 0. The summed E-state index contributed by atoms with van der Waals surface area (Å²) in [5, 5.41) is -1.37. The van der Waals surface area contributed by atoms with Crippen LogP contribution >= 0.6 is 0 Å². The van der Waals surface area contributed by atoms with Crippen molar-refractivity contribution in [2.75, 3.05) is 11.4 Å². The van der Waals surface area contributed by atoms with Crippen LogP contribution in [0.2, 0.25) is 0 Å². The van der Waals surface area contributed by atoms with Crippen LogP contribution in [0.3, 0.4) is 0 Å². The molecule has 18 heavy (non-hydrogen) atoms. The van der Waals surface area contributed by atoms with Crippen LogP contribution < -0.4 is 4.90 Å². The van der Waals surface area contributed by atoms with Crippen LogP contribution in [0.15, 0.2) is 18.2 Å². The average molecular weight is 275 g/mol. The van der Waals surface area contributed by atoms with E-state index >= 15 is 0 Å². The first kappa shape index (κ1) is 12.9. The van der Waals surface area contributed by atoms with E-state index in [0.717, 1.165) is 11.0 Å². The summed E-state index contributed by atoms with van der Waals surface area (Å²) in [6.45, 7) is 1.37. The van der Waals surface area contributed by atoms with Gasteiger partial charge in [-0.1, -0.05) is 0 Å². The van der Waals surface area contributed by atoms with Crippen molar-refractivity contribution in [3.05, 3.63) is 29.6 Å². The molecule has 0 radical (unpaired) electrons. The van der Waals surface area contributed by atoms with Gasteiger partial charge in [0.05, 0.1) is 0 Å². The Morgan fingerprint density at radius 2 is 2.00 bits per heavy atom. The minimum Gasteiger partial charge on any atom is -0.311 e. The zero-order chi connectivity index (χ0) is 13.5. The Morgan fingerprint density at radius 1 is 1.33 bits per heavy atom. The maximum absolute atomic E-state index is 13.2. The third-order valence-corrected chi connectivity index (χ3v) is 3.94. The van der Waals surface area contributed by atoms with Crippen molar-refractivity contribution in [1.82, 2.24) is 0 Å². The van der Waals surface area contributed by atoms with Gasteiger partial charge in [0.1, 0.15) is 11.1 Å². The molecular weight excluding hydrogens is 264 g/mol. The van der Waals surface area contributed by atoms with Gasteiger partial charge in [-0.2, -0.15) is 8.42 Å². The van der Waals surface area contributed by atoms with Gasteiger partial charge in [0.15, 0.2) is 0 Å². The van der Waals surface area contributed by atoms with Gasteiger partial charge >= 0.3 is 10.2 Å². The zero-order valence-electron chi connectivity index (χ0n) is 9.56. The van der Waals surface area contributed by atoms with Gasteiger partial charge in [-0.15, -0.1) is 3.89 Å². The number of halogens is 2. The van der Waals surface area contributed by atoms with Crippen LogP contribution in [-0.2, 0) is 15.0 Å². The molecule has 2 rings (SSSR count). The molecule has 1 aromatic carbocycles. The van der Waals surface area contributed by atoms with Crippen molar-refractivity contribution in [2.45, 2.75) is 18.6 Å². The third kappa shape index (κ3) is 2.50. The number of rotatable bonds is 2. The summed E-state index contributed by atoms with van der Waals surface area (Å²) in [6, 6.07) is 3.96. The van der Waals surface area contributed by atoms with Crippen LogP contribution in [0.25, 0.3) is 0 Å². The highest BCUT2D eigenvalue weighted by molar-refractivity contribution is 7.87. The van der Waals surface area contributed by atoms with Gasteiger partial charge in [0.2, 0.25) is 5.91 Å². The van der Waals surface area contributed by atoms with E-state index in [1.807, 2.05) is 0 Å². The fourth-order valence-electron chi connectivity index (χ4n) is 1.99. The van der Waals surface area contributed by atoms with Gasteiger partial charge in [0, 0.05) is 18.7 Å². The van der Waals surface area contributed by atoms with E-state index in [1.54, 1.807) is 13.0 Å². The number of hydrogen-bond donors (Lipinski definition) is 0. The van der Waals surface area contributed by atoms with Crippen molar-refractivity contribution in [3.63, 3.8) is 0 Å². The van der Waals surface area contributed by atoms with E-state index < -0.39 is 33.6 Å². The zero-order valence-corrected chi connectivity index (χ0v) is 10.4. The van der Waals surface area contributed by atoms with Crippen molar-refractivity contribution in [2.24, 2.45) is 0 Å². The molecule has 0 saturated carbocycles. The van der Waals surface area contributed by atoms with Crippen LogP contribution in [0.4, 0.5) is 14.0 Å². The summed E-state index contributed by atoms with van der Waals surface area (Å²) in [4.78, 5) is 12.7. The molecular formula is C11H11F2NO3S. The number of aryl methyl sites for hydroxylation is 1. The van der Waals surface area contributed by atoms with Gasteiger partial charge < -0.3 is 4.90 Å². The lowest BCUT2D eigenvalue weighted by Crippen LogP contribution is -2.27. The Morgan fingerprint density at radius 3 is 2.50 bits per heavy atom. The Hall–Kier alpha value is -1.50. The number of anilines is 1. The Balaban J connectivity index is 2.32. The number of amides is 1. The smallest absolute Gasteiger partial charge is 0.307 e. The highest BCUT2D eigenvalue weighted by Gasteiger charge is 2.39. The normalized spacial score (nSPS) is 20.5. The highest BCUT2D eigenvalue weighted by atomic mass is 32.3. The number of nitrogens with zero attached hydrogens (tertiary/aromatic N) is 1. The number of carbonyl (C=O) groups excluding carboxylic acids is 1. The molecule has 1 saturated heterocycles. The van der Waals surface area contributed by atoms with Crippen LogP contribution in [-0.4, -0.2) is 26.1 Å². The predicted molar refractivity (Wildman–Crippen MR) is 61.9 cm³/mol.